The van der Waals surface area contributed by atoms with E-state index in [4.69, 9.17) is 9.47 Å². The summed E-state index contributed by atoms with van der Waals surface area (Å²) in [6.07, 6.45) is -6.11. The van der Waals surface area contributed by atoms with E-state index in [9.17, 15) is 39.6 Å². The van der Waals surface area contributed by atoms with Crippen molar-refractivity contribution >= 4 is 23.9 Å². The molecule has 1 rings (SSSR count). The number of hydrogen-bond acceptors (Lipinski definition) is 8. The van der Waals surface area contributed by atoms with E-state index in [0.717, 1.165) is 12.1 Å². The molecule has 4 unspecified atom stereocenters. The third kappa shape index (κ3) is 6.02. The highest BCUT2D eigenvalue weighted by Crippen LogP contribution is 2.37. The van der Waals surface area contributed by atoms with Crippen LogP contribution in [-0.4, -0.2) is 56.5 Å². The van der Waals surface area contributed by atoms with Crippen molar-refractivity contribution in [2.24, 2.45) is 0 Å². The predicted octanol–water partition coefficient (Wildman–Crippen LogP) is 2.17. The molecular weight excluding hydrogens is 424 g/mol. The van der Waals surface area contributed by atoms with Gasteiger partial charge in [-0.15, -0.1) is 0 Å². The van der Waals surface area contributed by atoms with E-state index in [2.05, 4.69) is 13.2 Å². The lowest BCUT2D eigenvalue weighted by atomic mass is 9.86. The third-order valence-corrected chi connectivity index (χ3v) is 4.36. The van der Waals surface area contributed by atoms with Crippen LogP contribution in [0.5, 0.6) is 0 Å². The Labute approximate surface area is 184 Å². The number of aromatic carboxylic acids is 2. The van der Waals surface area contributed by atoms with Gasteiger partial charge < -0.3 is 29.9 Å². The van der Waals surface area contributed by atoms with Crippen LogP contribution in [0.4, 0.5) is 0 Å². The van der Waals surface area contributed by atoms with Crippen molar-refractivity contribution in [3.8, 4) is 0 Å². The lowest BCUT2D eigenvalue weighted by Gasteiger charge is -2.30. The van der Waals surface area contributed by atoms with E-state index >= 15 is 0 Å². The van der Waals surface area contributed by atoms with Gasteiger partial charge in [0.05, 0.1) is 23.3 Å². The Morgan fingerprint density at radius 1 is 0.812 bits per heavy atom. The van der Waals surface area contributed by atoms with Crippen molar-refractivity contribution in [3.63, 3.8) is 0 Å². The smallest absolute Gasteiger partial charge is 0.337 e. The average molecular weight is 450 g/mol. The Kier molecular flexibility index (Phi) is 8.87. The number of aliphatic hydroxyl groups excluding tert-OH is 2. The molecule has 0 aromatic heterocycles. The maximum Gasteiger partial charge on any atom is 0.337 e. The van der Waals surface area contributed by atoms with Crippen LogP contribution in [0.2, 0.25) is 0 Å². The number of hydrogen-bond donors (Lipinski definition) is 4. The van der Waals surface area contributed by atoms with Gasteiger partial charge in [0.1, 0.15) is 0 Å². The molecule has 4 N–H and O–H groups in total. The Morgan fingerprint density at radius 2 is 1.25 bits per heavy atom. The number of carboxylic acids is 2. The topological polar surface area (TPSA) is 168 Å². The van der Waals surface area contributed by atoms with Crippen molar-refractivity contribution in [2.45, 2.75) is 52.1 Å². The van der Waals surface area contributed by atoms with Gasteiger partial charge in [-0.25, -0.2) is 19.2 Å². The molecule has 0 bridgehead atoms. The highest BCUT2D eigenvalue weighted by molar-refractivity contribution is 6.03. The van der Waals surface area contributed by atoms with Crippen molar-refractivity contribution in [1.82, 2.24) is 0 Å². The standard InChI is InChI=1S/C22H26O10/c1-9(2)21(29)31-17(11(5)23)13-7-8-14(19(25)26)16(20(27)28)15(13)18(12(6)24)32-22(30)10(3)4/h7-8,11-12,17-18,23-24H,1,3H2,2,4-6H3,(H,25,26)(H,27,28). The van der Waals surface area contributed by atoms with Crippen LogP contribution in [0.25, 0.3) is 0 Å². The molecule has 1 aromatic carbocycles. The summed E-state index contributed by atoms with van der Waals surface area (Å²) in [5, 5.41) is 39.9. The normalized spacial score (nSPS) is 14.4. The Hall–Kier alpha value is -3.50. The monoisotopic (exact) mass is 450 g/mol. The summed E-state index contributed by atoms with van der Waals surface area (Å²) in [4.78, 5) is 48.1. The summed E-state index contributed by atoms with van der Waals surface area (Å²) < 4.78 is 10.5. The molecule has 4 atom stereocenters. The van der Waals surface area contributed by atoms with Crippen molar-refractivity contribution in [1.29, 1.82) is 0 Å². The van der Waals surface area contributed by atoms with Gasteiger partial charge in [0.2, 0.25) is 0 Å². The van der Waals surface area contributed by atoms with E-state index in [1.54, 1.807) is 0 Å². The lowest BCUT2D eigenvalue weighted by molar-refractivity contribution is -0.153. The number of ether oxygens (including phenoxy) is 2. The van der Waals surface area contributed by atoms with Gasteiger partial charge in [-0.3, -0.25) is 0 Å². The third-order valence-electron chi connectivity index (χ3n) is 4.36. The van der Waals surface area contributed by atoms with Gasteiger partial charge in [0.25, 0.3) is 0 Å². The van der Waals surface area contributed by atoms with Gasteiger partial charge in [0.15, 0.2) is 12.2 Å². The number of rotatable bonds is 10. The molecule has 0 fully saturated rings. The van der Waals surface area contributed by atoms with E-state index in [1.807, 2.05) is 0 Å². The van der Waals surface area contributed by atoms with Crippen molar-refractivity contribution in [2.75, 3.05) is 0 Å². The fourth-order valence-corrected chi connectivity index (χ4v) is 2.85. The van der Waals surface area contributed by atoms with Crippen LogP contribution in [0.3, 0.4) is 0 Å². The maximum atomic E-state index is 12.2. The molecule has 0 spiro atoms. The second-order valence-corrected chi connectivity index (χ2v) is 7.30. The van der Waals surface area contributed by atoms with Gasteiger partial charge >= 0.3 is 23.9 Å². The minimum absolute atomic E-state index is 0.0152. The zero-order chi connectivity index (χ0) is 24.9. The first-order valence-electron chi connectivity index (χ1n) is 9.43. The molecule has 0 radical (unpaired) electrons. The molecule has 10 heteroatoms. The average Bonchev–Trinajstić information content (AvgIpc) is 2.67. The molecule has 1 aromatic rings. The number of carbonyl (C=O) groups excluding carboxylic acids is 2. The number of aliphatic hydroxyl groups is 2. The fraction of sp³-hybridized carbons (Fsp3) is 0.364. The highest BCUT2D eigenvalue weighted by atomic mass is 16.6. The lowest BCUT2D eigenvalue weighted by Crippen LogP contribution is -2.30. The van der Waals surface area contributed by atoms with E-state index < -0.39 is 65.0 Å². The quantitative estimate of drug-likeness (QED) is 0.306. The molecule has 0 aliphatic heterocycles. The van der Waals surface area contributed by atoms with Crippen LogP contribution in [-0.2, 0) is 19.1 Å². The first kappa shape index (κ1) is 26.5. The maximum absolute atomic E-state index is 12.2. The molecule has 0 heterocycles. The summed E-state index contributed by atoms with van der Waals surface area (Å²) in [7, 11) is 0. The molecular formula is C22H26O10. The Bertz CT molecular complexity index is 958. The molecule has 0 aliphatic carbocycles. The Morgan fingerprint density at radius 3 is 1.59 bits per heavy atom. The molecule has 0 aliphatic rings. The van der Waals surface area contributed by atoms with Gasteiger partial charge in [-0.1, -0.05) is 19.2 Å². The summed E-state index contributed by atoms with van der Waals surface area (Å²) in [6.45, 7) is 12.0. The SMILES string of the molecule is C=C(C)C(=O)OC(c1ccc(C(=O)O)c(C(=O)O)c1C(OC(=O)C(=C)C)C(C)O)C(C)O. The first-order chi connectivity index (χ1) is 14.7. The second-order valence-electron chi connectivity index (χ2n) is 7.30. The first-order valence-corrected chi connectivity index (χ1v) is 9.43. The summed E-state index contributed by atoms with van der Waals surface area (Å²) >= 11 is 0. The predicted molar refractivity (Wildman–Crippen MR) is 111 cm³/mol. The zero-order valence-electron chi connectivity index (χ0n) is 18.1. The molecule has 0 saturated carbocycles. The fourth-order valence-electron chi connectivity index (χ4n) is 2.85. The van der Waals surface area contributed by atoms with Crippen LogP contribution >= 0.6 is 0 Å². The molecule has 174 valence electrons. The highest BCUT2D eigenvalue weighted by Gasteiger charge is 2.37. The van der Waals surface area contributed by atoms with E-state index in [-0.39, 0.29) is 16.7 Å². The largest absolute Gasteiger partial charge is 0.478 e. The van der Waals surface area contributed by atoms with Crippen molar-refractivity contribution < 1.29 is 49.1 Å². The zero-order valence-corrected chi connectivity index (χ0v) is 18.1. The number of benzene rings is 1. The summed E-state index contributed by atoms with van der Waals surface area (Å²) in [5.74, 6) is -5.19. The van der Waals surface area contributed by atoms with Crippen molar-refractivity contribution in [3.05, 3.63) is 58.7 Å². The number of carbonyl (C=O) groups is 4. The molecule has 10 nitrogen and oxygen atoms in total. The number of esters is 2. The molecule has 32 heavy (non-hydrogen) atoms. The second kappa shape index (κ2) is 10.7. The minimum atomic E-state index is -1.70. The van der Waals surface area contributed by atoms with E-state index in [0.29, 0.717) is 0 Å². The van der Waals surface area contributed by atoms with Crippen LogP contribution in [0.1, 0.15) is 71.7 Å². The van der Waals surface area contributed by atoms with Gasteiger partial charge in [-0.05, 0) is 33.8 Å². The van der Waals surface area contributed by atoms with Crippen LogP contribution in [0.15, 0.2) is 36.4 Å². The Balaban J connectivity index is 4.00. The van der Waals surface area contributed by atoms with Gasteiger partial charge in [0, 0.05) is 22.3 Å². The van der Waals surface area contributed by atoms with Crippen LogP contribution in [0, 0.1) is 0 Å². The number of carboxylic acid groups (broad SMARTS) is 2. The minimum Gasteiger partial charge on any atom is -0.478 e. The summed E-state index contributed by atoms with van der Waals surface area (Å²) in [6, 6.07) is 2.08. The van der Waals surface area contributed by atoms with E-state index in [1.165, 1.54) is 27.7 Å². The van der Waals surface area contributed by atoms with Crippen LogP contribution < -0.4 is 0 Å². The summed E-state index contributed by atoms with van der Waals surface area (Å²) in [5.41, 5.74) is -2.15. The molecule has 0 saturated heterocycles. The van der Waals surface area contributed by atoms with Gasteiger partial charge in [-0.2, -0.15) is 0 Å². The molecule has 0 amide bonds.